The molecule has 10 nitrogen and oxygen atoms in total. The number of nitrogens with two attached hydrogens (primary N) is 2. The van der Waals surface area contributed by atoms with Crippen molar-refractivity contribution in [2.75, 3.05) is 30.3 Å². The largest absolute Gasteiger partial charge is 0.444 e. The normalized spacial score (nSPS) is 23.9. The number of piperidine rings is 1. The van der Waals surface area contributed by atoms with Crippen molar-refractivity contribution < 1.29 is 14.3 Å². The molecular formula is C20H31N7O3. The molecule has 2 fully saturated rings. The van der Waals surface area contributed by atoms with E-state index in [0.29, 0.717) is 17.0 Å². The molecule has 0 unspecified atom stereocenters. The molecule has 10 heteroatoms. The quantitative estimate of drug-likeness (QED) is 0.686. The summed E-state index contributed by atoms with van der Waals surface area (Å²) in [5, 5.41) is 6.85. The first kappa shape index (κ1) is 20.6. The number of carbonyl (C=O) groups is 1. The van der Waals surface area contributed by atoms with Gasteiger partial charge in [0.15, 0.2) is 22.8 Å². The first-order valence-electron chi connectivity index (χ1n) is 10.4. The van der Waals surface area contributed by atoms with Crippen LogP contribution in [0.15, 0.2) is 0 Å². The number of aryl methyl sites for hydroxylation is 1. The Bertz CT molecular complexity index is 949. The Balaban J connectivity index is 1.51. The van der Waals surface area contributed by atoms with Crippen LogP contribution in [0.1, 0.15) is 45.7 Å². The van der Waals surface area contributed by atoms with Gasteiger partial charge in [-0.3, -0.25) is 5.10 Å². The van der Waals surface area contributed by atoms with Crippen LogP contribution in [-0.2, 0) is 9.47 Å². The number of rotatable bonds is 4. The van der Waals surface area contributed by atoms with Gasteiger partial charge < -0.3 is 25.8 Å². The van der Waals surface area contributed by atoms with E-state index in [2.05, 4.69) is 27.0 Å². The van der Waals surface area contributed by atoms with E-state index in [1.54, 1.807) is 0 Å². The number of hydrogen-bond acceptors (Lipinski definition) is 8. The van der Waals surface area contributed by atoms with E-state index in [4.69, 9.17) is 25.9 Å². The minimum atomic E-state index is -0.737. The van der Waals surface area contributed by atoms with Crippen LogP contribution in [0, 0.1) is 18.3 Å². The van der Waals surface area contributed by atoms with E-state index in [9.17, 15) is 4.79 Å². The monoisotopic (exact) mass is 417 g/mol. The summed E-state index contributed by atoms with van der Waals surface area (Å²) in [6, 6.07) is 0. The molecule has 0 radical (unpaired) electrons. The van der Waals surface area contributed by atoms with Crippen LogP contribution < -0.4 is 16.4 Å². The van der Waals surface area contributed by atoms with Crippen molar-refractivity contribution in [3.8, 4) is 0 Å². The number of nitrogen functional groups attached to an aromatic ring is 1. The maximum atomic E-state index is 11.3. The van der Waals surface area contributed by atoms with Crippen molar-refractivity contribution in [3.63, 3.8) is 0 Å². The summed E-state index contributed by atoms with van der Waals surface area (Å²) in [7, 11) is 0. The third-order valence-corrected chi connectivity index (χ3v) is 6.70. The molecule has 2 aliphatic rings. The van der Waals surface area contributed by atoms with E-state index in [1.807, 2.05) is 20.8 Å². The molecule has 1 spiro atoms. The second-order valence-corrected chi connectivity index (χ2v) is 9.30. The number of nitrogens with one attached hydrogen (secondary N) is 1. The molecule has 0 aromatic carbocycles. The standard InChI is InChI=1S/C20H31N7O3/c1-11-17(24-16-14(23-11)15(21)25-26-16)27-7-5-20(6-8-27)10-29-12(2)13(20)9-19(3,4)30-18(22)28/h12-13H,5-10H2,1-4H3,(H2,22,28)(H3,21,24,25,26)/t12-,13+/m0/s1. The third kappa shape index (κ3) is 3.64. The smallest absolute Gasteiger partial charge is 0.405 e. The Morgan fingerprint density at radius 1 is 1.37 bits per heavy atom. The van der Waals surface area contributed by atoms with Gasteiger partial charge in [0.2, 0.25) is 0 Å². The van der Waals surface area contributed by atoms with Gasteiger partial charge in [-0.2, -0.15) is 5.10 Å². The maximum Gasteiger partial charge on any atom is 0.405 e. The number of anilines is 2. The topological polar surface area (TPSA) is 145 Å². The molecule has 4 heterocycles. The highest BCUT2D eigenvalue weighted by Gasteiger charge is 2.51. The number of hydrogen-bond donors (Lipinski definition) is 3. The molecule has 0 aliphatic carbocycles. The second kappa shape index (κ2) is 7.26. The van der Waals surface area contributed by atoms with E-state index >= 15 is 0 Å². The minimum absolute atomic E-state index is 0.0536. The molecule has 0 bridgehead atoms. The van der Waals surface area contributed by atoms with Gasteiger partial charge in [0.1, 0.15) is 5.60 Å². The third-order valence-electron chi connectivity index (χ3n) is 6.70. The molecule has 2 saturated heterocycles. The Kier molecular flexibility index (Phi) is 5.00. The van der Waals surface area contributed by atoms with Crippen LogP contribution in [0.2, 0.25) is 0 Å². The van der Waals surface area contributed by atoms with Gasteiger partial charge in [0, 0.05) is 18.5 Å². The lowest BCUT2D eigenvalue weighted by Crippen LogP contribution is -2.47. The zero-order valence-corrected chi connectivity index (χ0v) is 18.1. The number of primary amides is 1. The van der Waals surface area contributed by atoms with Crippen molar-refractivity contribution in [2.45, 2.75) is 58.7 Å². The number of amides is 1. The molecule has 2 atom stereocenters. The Morgan fingerprint density at radius 3 is 2.73 bits per heavy atom. The number of aromatic nitrogens is 4. The van der Waals surface area contributed by atoms with E-state index in [-0.39, 0.29) is 17.4 Å². The molecule has 30 heavy (non-hydrogen) atoms. The number of aromatic amines is 1. The van der Waals surface area contributed by atoms with E-state index in [1.165, 1.54) is 0 Å². The van der Waals surface area contributed by atoms with Crippen LogP contribution in [0.4, 0.5) is 16.4 Å². The summed E-state index contributed by atoms with van der Waals surface area (Å²) in [5.41, 5.74) is 12.6. The Morgan fingerprint density at radius 2 is 2.07 bits per heavy atom. The molecule has 2 aromatic rings. The molecule has 2 aliphatic heterocycles. The highest BCUT2D eigenvalue weighted by Crippen LogP contribution is 2.50. The van der Waals surface area contributed by atoms with E-state index in [0.717, 1.165) is 50.5 Å². The Labute approximate surface area is 175 Å². The fourth-order valence-electron chi connectivity index (χ4n) is 5.16. The lowest BCUT2D eigenvalue weighted by Gasteiger charge is -2.44. The van der Waals surface area contributed by atoms with Crippen LogP contribution in [0.5, 0.6) is 0 Å². The van der Waals surface area contributed by atoms with Gasteiger partial charge >= 0.3 is 6.09 Å². The van der Waals surface area contributed by atoms with Crippen molar-refractivity contribution in [1.29, 1.82) is 0 Å². The highest BCUT2D eigenvalue weighted by atomic mass is 16.6. The number of fused-ring (bicyclic) bond motifs is 1. The van der Waals surface area contributed by atoms with Gasteiger partial charge in [-0.05, 0) is 52.9 Å². The van der Waals surface area contributed by atoms with Crippen molar-refractivity contribution in [2.24, 2.45) is 17.1 Å². The molecule has 4 rings (SSSR count). The number of H-pyrrole nitrogens is 1. The number of nitrogens with zero attached hydrogens (tertiary/aromatic N) is 4. The molecule has 164 valence electrons. The summed E-state index contributed by atoms with van der Waals surface area (Å²) in [4.78, 5) is 22.9. The summed E-state index contributed by atoms with van der Waals surface area (Å²) >= 11 is 0. The Hall–Kier alpha value is -2.62. The summed E-state index contributed by atoms with van der Waals surface area (Å²) in [6.45, 7) is 10.3. The average molecular weight is 418 g/mol. The fourth-order valence-corrected chi connectivity index (χ4v) is 5.16. The van der Waals surface area contributed by atoms with Gasteiger partial charge in [-0.1, -0.05) is 0 Å². The van der Waals surface area contributed by atoms with Crippen LogP contribution in [0.3, 0.4) is 0 Å². The van der Waals surface area contributed by atoms with Gasteiger partial charge in [-0.15, -0.1) is 0 Å². The van der Waals surface area contributed by atoms with Crippen LogP contribution in [0.25, 0.3) is 11.2 Å². The van der Waals surface area contributed by atoms with Crippen molar-refractivity contribution in [1.82, 2.24) is 20.2 Å². The van der Waals surface area contributed by atoms with Crippen molar-refractivity contribution >= 4 is 28.9 Å². The summed E-state index contributed by atoms with van der Waals surface area (Å²) < 4.78 is 11.5. The molecular weight excluding hydrogens is 386 g/mol. The maximum absolute atomic E-state index is 11.3. The molecule has 1 amide bonds. The first-order valence-corrected chi connectivity index (χ1v) is 10.4. The molecule has 5 N–H and O–H groups in total. The first-order chi connectivity index (χ1) is 14.1. The zero-order chi connectivity index (χ0) is 21.7. The molecule has 2 aromatic heterocycles. The van der Waals surface area contributed by atoms with Crippen LogP contribution >= 0.6 is 0 Å². The number of carbonyl (C=O) groups excluding carboxylic acids is 1. The zero-order valence-electron chi connectivity index (χ0n) is 18.1. The molecule has 0 saturated carbocycles. The van der Waals surface area contributed by atoms with Gasteiger partial charge in [0.05, 0.1) is 18.4 Å². The average Bonchev–Trinajstić information content (AvgIpc) is 3.16. The van der Waals surface area contributed by atoms with Gasteiger partial charge in [0.25, 0.3) is 0 Å². The predicted molar refractivity (Wildman–Crippen MR) is 113 cm³/mol. The van der Waals surface area contributed by atoms with Crippen LogP contribution in [-0.4, -0.2) is 57.7 Å². The van der Waals surface area contributed by atoms with Crippen molar-refractivity contribution in [3.05, 3.63) is 5.69 Å². The predicted octanol–water partition coefficient (Wildman–Crippen LogP) is 2.13. The lowest BCUT2D eigenvalue weighted by atomic mass is 9.66. The van der Waals surface area contributed by atoms with E-state index < -0.39 is 11.7 Å². The second-order valence-electron chi connectivity index (χ2n) is 9.30. The number of ether oxygens (including phenoxy) is 2. The summed E-state index contributed by atoms with van der Waals surface area (Å²) in [5.74, 6) is 1.52. The highest BCUT2D eigenvalue weighted by molar-refractivity contribution is 5.82. The summed E-state index contributed by atoms with van der Waals surface area (Å²) in [6.07, 6.45) is 2.03. The minimum Gasteiger partial charge on any atom is -0.444 e. The van der Waals surface area contributed by atoms with Gasteiger partial charge in [-0.25, -0.2) is 14.8 Å². The SMILES string of the molecule is Cc1nc2c(N)n[nH]c2nc1N1CCC2(CC1)CO[C@@H](C)[C@H]2CC(C)(C)OC(N)=O. The lowest BCUT2D eigenvalue weighted by molar-refractivity contribution is 0.000202. The fraction of sp³-hybridized carbons (Fsp3) is 0.700.